The SMILES string of the molecule is C=CCn1c(SCC(=O)N(C)CC(=O)NC2CC2)nc2ccccc2c1=O. The summed E-state index contributed by atoms with van der Waals surface area (Å²) in [6, 6.07) is 7.39. The van der Waals surface area contributed by atoms with Gasteiger partial charge in [0.05, 0.1) is 23.2 Å². The van der Waals surface area contributed by atoms with Crippen LogP contribution in [0.25, 0.3) is 10.9 Å². The molecule has 1 heterocycles. The van der Waals surface area contributed by atoms with Crippen LogP contribution in [0, 0.1) is 0 Å². The molecular weight excluding hydrogens is 364 g/mol. The van der Waals surface area contributed by atoms with Crippen LogP contribution in [0.5, 0.6) is 0 Å². The molecule has 0 atom stereocenters. The van der Waals surface area contributed by atoms with Gasteiger partial charge >= 0.3 is 0 Å². The molecule has 0 radical (unpaired) electrons. The van der Waals surface area contributed by atoms with E-state index in [0.717, 1.165) is 12.8 Å². The fourth-order valence-electron chi connectivity index (χ4n) is 2.59. The van der Waals surface area contributed by atoms with Gasteiger partial charge in [-0.2, -0.15) is 0 Å². The predicted molar refractivity (Wildman–Crippen MR) is 106 cm³/mol. The number of fused-ring (bicyclic) bond motifs is 1. The van der Waals surface area contributed by atoms with Crippen molar-refractivity contribution in [1.82, 2.24) is 19.8 Å². The van der Waals surface area contributed by atoms with E-state index in [-0.39, 0.29) is 35.7 Å². The largest absolute Gasteiger partial charge is 0.352 e. The van der Waals surface area contributed by atoms with Crippen LogP contribution in [0.1, 0.15) is 12.8 Å². The number of amides is 2. The third-order valence-electron chi connectivity index (χ3n) is 4.21. The summed E-state index contributed by atoms with van der Waals surface area (Å²) in [4.78, 5) is 42.8. The van der Waals surface area contributed by atoms with Crippen LogP contribution >= 0.6 is 11.8 Å². The van der Waals surface area contributed by atoms with Crippen molar-refractivity contribution >= 4 is 34.5 Å². The van der Waals surface area contributed by atoms with Crippen molar-refractivity contribution in [3.05, 3.63) is 47.3 Å². The Labute approximate surface area is 161 Å². The van der Waals surface area contributed by atoms with Gasteiger partial charge in [0.1, 0.15) is 0 Å². The molecule has 1 aliphatic rings. The molecule has 0 spiro atoms. The van der Waals surface area contributed by atoms with Crippen molar-refractivity contribution in [2.75, 3.05) is 19.3 Å². The van der Waals surface area contributed by atoms with E-state index in [9.17, 15) is 14.4 Å². The fourth-order valence-corrected chi connectivity index (χ4v) is 3.54. The van der Waals surface area contributed by atoms with E-state index >= 15 is 0 Å². The van der Waals surface area contributed by atoms with Crippen molar-refractivity contribution in [3.8, 4) is 0 Å². The van der Waals surface area contributed by atoms with Gasteiger partial charge in [0, 0.05) is 19.6 Å². The number of nitrogens with one attached hydrogen (secondary N) is 1. The molecule has 7 nitrogen and oxygen atoms in total. The zero-order valence-electron chi connectivity index (χ0n) is 15.2. The van der Waals surface area contributed by atoms with Crippen molar-refractivity contribution in [1.29, 1.82) is 0 Å². The van der Waals surface area contributed by atoms with Gasteiger partial charge in [-0.15, -0.1) is 6.58 Å². The number of aromatic nitrogens is 2. The Morgan fingerprint density at radius 1 is 1.41 bits per heavy atom. The topological polar surface area (TPSA) is 84.3 Å². The Morgan fingerprint density at radius 2 is 2.15 bits per heavy atom. The summed E-state index contributed by atoms with van der Waals surface area (Å²) in [5.74, 6) is -0.251. The van der Waals surface area contributed by atoms with Crippen molar-refractivity contribution in [2.45, 2.75) is 30.6 Å². The van der Waals surface area contributed by atoms with Gasteiger partial charge in [0.2, 0.25) is 11.8 Å². The lowest BCUT2D eigenvalue weighted by molar-refractivity contribution is -0.132. The number of para-hydroxylation sites is 1. The number of benzene rings is 1. The molecule has 1 N–H and O–H groups in total. The second-order valence-electron chi connectivity index (χ2n) is 6.50. The van der Waals surface area contributed by atoms with Gasteiger partial charge < -0.3 is 10.2 Å². The lowest BCUT2D eigenvalue weighted by Crippen LogP contribution is -2.39. The average Bonchev–Trinajstić information content (AvgIpc) is 3.46. The van der Waals surface area contributed by atoms with Crippen LogP contribution < -0.4 is 10.9 Å². The molecular formula is C19H22N4O3S. The number of nitrogens with zero attached hydrogens (tertiary/aromatic N) is 3. The summed E-state index contributed by atoms with van der Waals surface area (Å²) in [6.07, 6.45) is 3.64. The first-order chi connectivity index (χ1) is 13.0. The van der Waals surface area contributed by atoms with E-state index in [1.165, 1.54) is 21.2 Å². The van der Waals surface area contributed by atoms with Gasteiger partial charge in [-0.25, -0.2) is 4.98 Å². The number of likely N-dealkylation sites (N-methyl/N-ethyl adjacent to an activating group) is 1. The Kier molecular flexibility index (Phi) is 5.95. The molecule has 142 valence electrons. The molecule has 0 saturated heterocycles. The van der Waals surface area contributed by atoms with E-state index in [1.807, 2.05) is 6.07 Å². The van der Waals surface area contributed by atoms with E-state index in [2.05, 4.69) is 16.9 Å². The van der Waals surface area contributed by atoms with E-state index in [4.69, 9.17) is 0 Å². The smallest absolute Gasteiger partial charge is 0.262 e. The monoisotopic (exact) mass is 386 g/mol. The zero-order valence-corrected chi connectivity index (χ0v) is 16.0. The van der Waals surface area contributed by atoms with Crippen LogP contribution in [0.4, 0.5) is 0 Å². The summed E-state index contributed by atoms with van der Waals surface area (Å²) in [5, 5.41) is 3.85. The average molecular weight is 386 g/mol. The third kappa shape index (κ3) is 4.77. The van der Waals surface area contributed by atoms with Gasteiger partial charge in [-0.3, -0.25) is 19.0 Å². The first-order valence-corrected chi connectivity index (χ1v) is 9.74. The molecule has 2 aromatic rings. The van der Waals surface area contributed by atoms with Gasteiger partial charge in [-0.1, -0.05) is 30.0 Å². The molecule has 3 rings (SSSR count). The molecule has 8 heteroatoms. The molecule has 0 unspecified atom stereocenters. The second kappa shape index (κ2) is 8.39. The van der Waals surface area contributed by atoms with E-state index in [0.29, 0.717) is 22.6 Å². The Balaban J connectivity index is 1.70. The van der Waals surface area contributed by atoms with Crippen molar-refractivity contribution < 1.29 is 9.59 Å². The van der Waals surface area contributed by atoms with Crippen molar-refractivity contribution in [2.24, 2.45) is 0 Å². The Hall–Kier alpha value is -2.61. The summed E-state index contributed by atoms with van der Waals surface area (Å²) in [7, 11) is 1.60. The lowest BCUT2D eigenvalue weighted by atomic mass is 10.2. The minimum Gasteiger partial charge on any atom is -0.352 e. The lowest BCUT2D eigenvalue weighted by Gasteiger charge is -2.17. The van der Waals surface area contributed by atoms with Crippen molar-refractivity contribution in [3.63, 3.8) is 0 Å². The minimum atomic E-state index is -0.196. The summed E-state index contributed by atoms with van der Waals surface area (Å²) in [6.45, 7) is 4.03. The molecule has 27 heavy (non-hydrogen) atoms. The highest BCUT2D eigenvalue weighted by Gasteiger charge is 2.24. The number of allylic oxidation sites excluding steroid dienone is 1. The van der Waals surface area contributed by atoms with E-state index in [1.54, 1.807) is 31.3 Å². The molecule has 1 aliphatic carbocycles. The number of hydrogen-bond donors (Lipinski definition) is 1. The summed E-state index contributed by atoms with van der Waals surface area (Å²) < 4.78 is 1.51. The predicted octanol–water partition coefficient (Wildman–Crippen LogP) is 1.41. The van der Waals surface area contributed by atoms with Crippen LogP contribution in [-0.2, 0) is 16.1 Å². The van der Waals surface area contributed by atoms with Gasteiger partial charge in [0.15, 0.2) is 5.16 Å². The molecule has 0 bridgehead atoms. The standard InChI is InChI=1S/C19H22N4O3S/c1-3-10-23-18(26)14-6-4-5-7-15(14)21-19(23)27-12-17(25)22(2)11-16(24)20-13-8-9-13/h3-7,13H,1,8-12H2,2H3,(H,20,24). The number of rotatable bonds is 8. The van der Waals surface area contributed by atoms with Crippen LogP contribution in [0.3, 0.4) is 0 Å². The van der Waals surface area contributed by atoms with Crippen LogP contribution in [0.2, 0.25) is 0 Å². The normalized spacial score (nSPS) is 13.4. The highest BCUT2D eigenvalue weighted by molar-refractivity contribution is 7.99. The number of thioether (sulfide) groups is 1. The number of carbonyl (C=O) groups excluding carboxylic acids is 2. The highest BCUT2D eigenvalue weighted by atomic mass is 32.2. The minimum absolute atomic E-state index is 0.0283. The molecule has 0 aliphatic heterocycles. The van der Waals surface area contributed by atoms with Gasteiger partial charge in [-0.05, 0) is 25.0 Å². The number of carbonyl (C=O) groups is 2. The maximum Gasteiger partial charge on any atom is 0.262 e. The zero-order chi connectivity index (χ0) is 19.4. The quantitative estimate of drug-likeness (QED) is 0.421. The first-order valence-electron chi connectivity index (χ1n) is 8.76. The third-order valence-corrected chi connectivity index (χ3v) is 5.17. The molecule has 1 aromatic heterocycles. The number of hydrogen-bond acceptors (Lipinski definition) is 5. The molecule has 2 amide bonds. The molecule has 1 saturated carbocycles. The fraction of sp³-hybridized carbons (Fsp3) is 0.368. The second-order valence-corrected chi connectivity index (χ2v) is 7.44. The van der Waals surface area contributed by atoms with Crippen LogP contribution in [-0.4, -0.2) is 51.7 Å². The summed E-state index contributed by atoms with van der Waals surface area (Å²) >= 11 is 1.19. The van der Waals surface area contributed by atoms with E-state index < -0.39 is 0 Å². The Morgan fingerprint density at radius 3 is 2.85 bits per heavy atom. The molecule has 1 aromatic carbocycles. The maximum absolute atomic E-state index is 12.7. The highest BCUT2D eigenvalue weighted by Crippen LogP contribution is 2.19. The molecule has 1 fully saturated rings. The summed E-state index contributed by atoms with van der Waals surface area (Å²) in [5.41, 5.74) is 0.433. The maximum atomic E-state index is 12.7. The van der Waals surface area contributed by atoms with Crippen LogP contribution in [0.15, 0.2) is 46.9 Å². The Bertz CT molecular complexity index is 936. The van der Waals surface area contributed by atoms with Gasteiger partial charge in [0.25, 0.3) is 5.56 Å². The first kappa shape index (κ1) is 19.2.